The van der Waals surface area contributed by atoms with E-state index >= 15 is 0 Å². The molecule has 1 unspecified atom stereocenters. The predicted octanol–water partition coefficient (Wildman–Crippen LogP) is 1.50. The van der Waals surface area contributed by atoms with E-state index in [1.54, 1.807) is 14.1 Å². The number of likely N-dealkylation sites (N-methyl/N-ethyl adjacent to an activating group) is 1. The van der Waals surface area contributed by atoms with E-state index in [1.807, 2.05) is 31.2 Å². The quantitative estimate of drug-likeness (QED) is 0.919. The predicted molar refractivity (Wildman–Crippen MR) is 80.9 cm³/mol. The lowest BCUT2D eigenvalue weighted by atomic mass is 10.2. The molecule has 1 N–H and O–H groups in total. The Bertz CT molecular complexity index is 542. The third kappa shape index (κ3) is 3.57. The number of aliphatic hydroxyl groups excluding tert-OH is 1. The van der Waals surface area contributed by atoms with Crippen molar-refractivity contribution in [3.05, 3.63) is 35.4 Å². The molecule has 120 valence electrons. The number of amides is 2. The smallest absolute Gasteiger partial charge is 0.412 e. The van der Waals surface area contributed by atoms with Crippen molar-refractivity contribution in [1.82, 2.24) is 9.80 Å². The Morgan fingerprint density at radius 1 is 1.27 bits per heavy atom. The van der Waals surface area contributed by atoms with Gasteiger partial charge in [-0.25, -0.2) is 4.79 Å². The highest BCUT2D eigenvalue weighted by Gasteiger charge is 2.41. The molecule has 0 bridgehead atoms. The minimum absolute atomic E-state index is 0.116. The van der Waals surface area contributed by atoms with Crippen LogP contribution < -0.4 is 0 Å². The summed E-state index contributed by atoms with van der Waals surface area (Å²) in [5.41, 5.74) is 1.99. The fourth-order valence-electron chi connectivity index (χ4n) is 2.49. The Hall–Kier alpha value is -2.08. The Labute approximate surface area is 130 Å². The van der Waals surface area contributed by atoms with E-state index in [4.69, 9.17) is 4.74 Å². The van der Waals surface area contributed by atoms with Gasteiger partial charge in [-0.1, -0.05) is 29.8 Å². The van der Waals surface area contributed by atoms with Gasteiger partial charge in [0.15, 0.2) is 0 Å². The molecule has 0 aliphatic carbocycles. The van der Waals surface area contributed by atoms with Gasteiger partial charge in [-0.3, -0.25) is 9.69 Å². The van der Waals surface area contributed by atoms with Gasteiger partial charge in [0.1, 0.15) is 18.9 Å². The van der Waals surface area contributed by atoms with Crippen LogP contribution in [0, 0.1) is 6.92 Å². The molecule has 1 aromatic rings. The Balaban J connectivity index is 2.00. The summed E-state index contributed by atoms with van der Waals surface area (Å²) in [5.74, 6) is -0.205. The van der Waals surface area contributed by atoms with E-state index in [0.717, 1.165) is 16.0 Å². The molecule has 1 aliphatic rings. The summed E-state index contributed by atoms with van der Waals surface area (Å²) < 4.78 is 5.24. The van der Waals surface area contributed by atoms with Crippen LogP contribution in [0.1, 0.15) is 24.0 Å². The fraction of sp³-hybridized carbons (Fsp3) is 0.500. The molecule has 0 saturated carbocycles. The van der Waals surface area contributed by atoms with Gasteiger partial charge in [-0.15, -0.1) is 0 Å². The molecule has 2 atom stereocenters. The van der Waals surface area contributed by atoms with Gasteiger partial charge in [0.05, 0.1) is 0 Å². The maximum absolute atomic E-state index is 12.2. The van der Waals surface area contributed by atoms with Crippen molar-refractivity contribution >= 4 is 12.0 Å². The molecule has 0 radical (unpaired) electrons. The van der Waals surface area contributed by atoms with Crippen molar-refractivity contribution in [1.29, 1.82) is 0 Å². The van der Waals surface area contributed by atoms with E-state index in [9.17, 15) is 14.7 Å². The van der Waals surface area contributed by atoms with Gasteiger partial charge in [0, 0.05) is 14.1 Å². The lowest BCUT2D eigenvalue weighted by Gasteiger charge is -2.27. The molecule has 6 heteroatoms. The highest BCUT2D eigenvalue weighted by molar-refractivity contribution is 5.86. The van der Waals surface area contributed by atoms with Crippen molar-refractivity contribution < 1.29 is 19.4 Å². The molecule has 0 spiro atoms. The molecular formula is C16H22N2O4. The Morgan fingerprint density at radius 2 is 1.91 bits per heavy atom. The number of aryl methyl sites for hydroxylation is 1. The largest absolute Gasteiger partial charge is 0.444 e. The maximum atomic E-state index is 12.2. The minimum atomic E-state index is -0.973. The topological polar surface area (TPSA) is 70.1 Å². The molecular weight excluding hydrogens is 284 g/mol. The Kier molecular flexibility index (Phi) is 5.03. The number of hydrogen-bond donors (Lipinski definition) is 1. The summed E-state index contributed by atoms with van der Waals surface area (Å²) in [7, 11) is 3.26. The third-order valence-corrected chi connectivity index (χ3v) is 3.77. The third-order valence-electron chi connectivity index (χ3n) is 3.77. The summed E-state index contributed by atoms with van der Waals surface area (Å²) in [4.78, 5) is 26.8. The second-order valence-corrected chi connectivity index (χ2v) is 5.75. The summed E-state index contributed by atoms with van der Waals surface area (Å²) >= 11 is 0. The number of aliphatic hydroxyl groups is 1. The fourth-order valence-corrected chi connectivity index (χ4v) is 2.49. The minimum Gasteiger partial charge on any atom is -0.444 e. The number of benzene rings is 1. The molecule has 2 amide bonds. The number of hydrogen-bond acceptors (Lipinski definition) is 4. The van der Waals surface area contributed by atoms with Crippen LogP contribution in [0.3, 0.4) is 0 Å². The van der Waals surface area contributed by atoms with Gasteiger partial charge < -0.3 is 14.7 Å². The van der Waals surface area contributed by atoms with Crippen molar-refractivity contribution in [3.8, 4) is 0 Å². The number of carbonyl (C=O) groups is 2. The van der Waals surface area contributed by atoms with Gasteiger partial charge in [0.2, 0.25) is 5.91 Å². The van der Waals surface area contributed by atoms with Crippen LogP contribution in [-0.4, -0.2) is 53.3 Å². The molecule has 22 heavy (non-hydrogen) atoms. The van der Waals surface area contributed by atoms with E-state index in [2.05, 4.69) is 0 Å². The second kappa shape index (κ2) is 6.79. The SMILES string of the molecule is Cc1ccc(COC(=O)N2C(O)CC[C@H]2C(=O)N(C)C)cc1. The number of nitrogens with zero attached hydrogens (tertiary/aromatic N) is 2. The summed E-state index contributed by atoms with van der Waals surface area (Å²) in [5, 5.41) is 9.95. The molecule has 2 rings (SSSR count). The van der Waals surface area contributed by atoms with Crippen LogP contribution >= 0.6 is 0 Å². The monoisotopic (exact) mass is 306 g/mol. The summed E-state index contributed by atoms with van der Waals surface area (Å²) in [6, 6.07) is 6.98. The first-order chi connectivity index (χ1) is 10.4. The number of carbonyl (C=O) groups excluding carboxylic acids is 2. The van der Waals surface area contributed by atoms with Crippen molar-refractivity contribution in [2.24, 2.45) is 0 Å². The maximum Gasteiger partial charge on any atom is 0.412 e. The average Bonchev–Trinajstić information content (AvgIpc) is 2.87. The number of ether oxygens (including phenoxy) is 1. The van der Waals surface area contributed by atoms with Crippen LogP contribution in [0.5, 0.6) is 0 Å². The molecule has 1 heterocycles. The lowest BCUT2D eigenvalue weighted by Crippen LogP contribution is -2.48. The van der Waals surface area contributed by atoms with E-state index in [0.29, 0.717) is 12.8 Å². The average molecular weight is 306 g/mol. The number of likely N-dealkylation sites (tertiary alicyclic amines) is 1. The molecule has 1 fully saturated rings. The van der Waals surface area contributed by atoms with Crippen molar-refractivity contribution in [3.63, 3.8) is 0 Å². The normalized spacial score (nSPS) is 20.8. The van der Waals surface area contributed by atoms with E-state index in [1.165, 1.54) is 4.90 Å². The van der Waals surface area contributed by atoms with Crippen LogP contribution in [-0.2, 0) is 16.1 Å². The van der Waals surface area contributed by atoms with Gasteiger partial charge in [-0.2, -0.15) is 0 Å². The van der Waals surface area contributed by atoms with Gasteiger partial charge in [-0.05, 0) is 25.3 Å². The highest BCUT2D eigenvalue weighted by Crippen LogP contribution is 2.25. The zero-order valence-corrected chi connectivity index (χ0v) is 13.2. The van der Waals surface area contributed by atoms with E-state index in [-0.39, 0.29) is 12.5 Å². The van der Waals surface area contributed by atoms with Crippen LogP contribution in [0.2, 0.25) is 0 Å². The molecule has 1 saturated heterocycles. The van der Waals surface area contributed by atoms with Crippen LogP contribution in [0.4, 0.5) is 4.79 Å². The molecule has 1 aliphatic heterocycles. The van der Waals surface area contributed by atoms with Crippen molar-refractivity contribution in [2.45, 2.75) is 38.6 Å². The first-order valence-electron chi connectivity index (χ1n) is 7.30. The summed E-state index contributed by atoms with van der Waals surface area (Å²) in [6.45, 7) is 2.10. The van der Waals surface area contributed by atoms with Gasteiger partial charge in [0.25, 0.3) is 0 Å². The molecule has 0 aromatic heterocycles. The summed E-state index contributed by atoms with van der Waals surface area (Å²) in [6.07, 6.45) is -0.813. The van der Waals surface area contributed by atoms with E-state index < -0.39 is 18.4 Å². The zero-order chi connectivity index (χ0) is 16.3. The lowest BCUT2D eigenvalue weighted by molar-refractivity contribution is -0.135. The Morgan fingerprint density at radius 3 is 2.50 bits per heavy atom. The number of rotatable bonds is 3. The first-order valence-corrected chi connectivity index (χ1v) is 7.30. The van der Waals surface area contributed by atoms with Gasteiger partial charge >= 0.3 is 6.09 Å². The van der Waals surface area contributed by atoms with Crippen LogP contribution in [0.25, 0.3) is 0 Å². The second-order valence-electron chi connectivity index (χ2n) is 5.75. The van der Waals surface area contributed by atoms with Crippen molar-refractivity contribution in [2.75, 3.05) is 14.1 Å². The molecule has 6 nitrogen and oxygen atoms in total. The molecule has 1 aromatic carbocycles. The highest BCUT2D eigenvalue weighted by atomic mass is 16.6. The first kappa shape index (κ1) is 16.3. The zero-order valence-electron chi connectivity index (χ0n) is 13.2. The van der Waals surface area contributed by atoms with Crippen LogP contribution in [0.15, 0.2) is 24.3 Å². The standard InChI is InChI=1S/C16H22N2O4/c1-11-4-6-12(7-5-11)10-22-16(21)18-13(8-9-14(18)19)15(20)17(2)3/h4-7,13-14,19H,8-10H2,1-3H3/t13-,14?/m0/s1.